The molecule has 0 saturated carbocycles. The zero-order chi connectivity index (χ0) is 20.3. The van der Waals surface area contributed by atoms with Crippen molar-refractivity contribution in [3.8, 4) is 0 Å². The van der Waals surface area contributed by atoms with Gasteiger partial charge >= 0.3 is 11.2 Å². The quantitative estimate of drug-likeness (QED) is 0.495. The summed E-state index contributed by atoms with van der Waals surface area (Å²) in [7, 11) is 1.95. The number of carbonyl (C=O) groups is 1. The van der Waals surface area contributed by atoms with Crippen LogP contribution in [0.25, 0.3) is 10.9 Å². The lowest BCUT2D eigenvalue weighted by Gasteiger charge is -2.42. The number of aryl methyl sites for hydroxylation is 1. The van der Waals surface area contributed by atoms with Crippen molar-refractivity contribution in [2.45, 2.75) is 18.9 Å². The number of carbonyl (C=O) groups excluding carboxylic acids is 1. The number of piperidine rings is 1. The second-order valence-electron chi connectivity index (χ2n) is 8.03. The summed E-state index contributed by atoms with van der Waals surface area (Å²) in [5.74, 6) is 0.114. The Morgan fingerprint density at radius 2 is 1.97 bits per heavy atom. The van der Waals surface area contributed by atoms with Crippen LogP contribution in [0.2, 0.25) is 0 Å². The number of amides is 1. The van der Waals surface area contributed by atoms with Gasteiger partial charge in [0.05, 0.1) is 4.92 Å². The highest BCUT2D eigenvalue weighted by Crippen LogP contribution is 2.36. The third kappa shape index (κ3) is 2.74. The minimum absolute atomic E-state index is 0.0127. The number of nitrogens with zero attached hydrogens (tertiary/aromatic N) is 4. The summed E-state index contributed by atoms with van der Waals surface area (Å²) in [6, 6.07) is 10.7. The molecule has 2 atom stereocenters. The molecule has 1 amide bonds. The van der Waals surface area contributed by atoms with Gasteiger partial charge in [-0.05, 0) is 42.0 Å². The standard InChI is InChI=1S/C21H20N4O4/c1-22-7-6-14-2-3-15(9-19(14)22)20(26)23-10-13-8-16(12-23)17-4-5-18(25(28)29)21(27)24(17)11-13/h2-7,9,13,16H,8,10-12H2,1H3/t13-,16-/m0/s1. The monoisotopic (exact) mass is 392 g/mol. The van der Waals surface area contributed by atoms with E-state index >= 15 is 0 Å². The van der Waals surface area contributed by atoms with E-state index < -0.39 is 16.2 Å². The molecular formula is C21H20N4O4. The van der Waals surface area contributed by atoms with Crippen LogP contribution >= 0.6 is 0 Å². The van der Waals surface area contributed by atoms with Gasteiger partial charge in [0.2, 0.25) is 0 Å². The van der Waals surface area contributed by atoms with Gasteiger partial charge in [0.25, 0.3) is 5.91 Å². The van der Waals surface area contributed by atoms with Crippen LogP contribution in [-0.4, -0.2) is 38.0 Å². The lowest BCUT2D eigenvalue weighted by Crippen LogP contribution is -2.49. The van der Waals surface area contributed by atoms with Crippen LogP contribution in [0.3, 0.4) is 0 Å². The molecule has 0 aliphatic carbocycles. The van der Waals surface area contributed by atoms with Crippen LogP contribution in [0, 0.1) is 16.0 Å². The van der Waals surface area contributed by atoms with Crippen LogP contribution in [0.5, 0.6) is 0 Å². The highest BCUT2D eigenvalue weighted by molar-refractivity contribution is 5.98. The molecule has 1 saturated heterocycles. The Hall–Kier alpha value is -3.42. The fourth-order valence-corrected chi connectivity index (χ4v) is 4.82. The summed E-state index contributed by atoms with van der Waals surface area (Å²) in [6.45, 7) is 1.47. The normalized spacial score (nSPS) is 20.5. The average Bonchev–Trinajstić information content (AvgIpc) is 3.08. The first kappa shape index (κ1) is 17.7. The molecule has 1 fully saturated rings. The van der Waals surface area contributed by atoms with Crippen LogP contribution < -0.4 is 5.56 Å². The van der Waals surface area contributed by atoms with E-state index in [-0.39, 0.29) is 17.7 Å². The number of fused-ring (bicyclic) bond motifs is 5. The summed E-state index contributed by atoms with van der Waals surface area (Å²) in [5, 5.41) is 12.2. The van der Waals surface area contributed by atoms with Gasteiger partial charge in [0, 0.05) is 61.6 Å². The fraction of sp³-hybridized carbons (Fsp3) is 0.333. The predicted octanol–water partition coefficient (Wildman–Crippen LogP) is 2.51. The van der Waals surface area contributed by atoms with E-state index in [1.807, 2.05) is 47.0 Å². The van der Waals surface area contributed by atoms with Crippen molar-refractivity contribution < 1.29 is 9.72 Å². The van der Waals surface area contributed by atoms with Gasteiger partial charge in [-0.3, -0.25) is 19.7 Å². The number of pyridine rings is 1. The molecule has 0 unspecified atom stereocenters. The van der Waals surface area contributed by atoms with Gasteiger partial charge in [-0.25, -0.2) is 0 Å². The first-order chi connectivity index (χ1) is 13.9. The Morgan fingerprint density at radius 3 is 2.76 bits per heavy atom. The highest BCUT2D eigenvalue weighted by atomic mass is 16.6. The van der Waals surface area contributed by atoms with Gasteiger partial charge in [-0.1, -0.05) is 6.07 Å². The number of rotatable bonds is 2. The van der Waals surface area contributed by atoms with Crippen LogP contribution in [0.1, 0.15) is 28.4 Å². The maximum Gasteiger partial charge on any atom is 0.334 e. The SMILES string of the molecule is Cn1ccc2ccc(C(=O)N3C[C@@H]4C[C@@H](C3)c3ccc([N+](=O)[O-])c(=O)n3C4)cc21. The van der Waals surface area contributed by atoms with Crippen LogP contribution in [0.4, 0.5) is 5.69 Å². The summed E-state index contributed by atoms with van der Waals surface area (Å²) in [4.78, 5) is 38.0. The molecule has 2 aliphatic rings. The molecule has 2 bridgehead atoms. The summed E-state index contributed by atoms with van der Waals surface area (Å²) >= 11 is 0. The molecule has 148 valence electrons. The summed E-state index contributed by atoms with van der Waals surface area (Å²) < 4.78 is 3.53. The second kappa shape index (κ2) is 6.30. The molecule has 4 heterocycles. The van der Waals surface area contributed by atoms with E-state index in [1.54, 1.807) is 6.07 Å². The van der Waals surface area contributed by atoms with Gasteiger partial charge in [0.1, 0.15) is 0 Å². The number of aromatic nitrogens is 2. The van der Waals surface area contributed by atoms with Gasteiger partial charge in [0.15, 0.2) is 0 Å². The molecule has 8 heteroatoms. The molecule has 29 heavy (non-hydrogen) atoms. The fourth-order valence-electron chi connectivity index (χ4n) is 4.82. The predicted molar refractivity (Wildman–Crippen MR) is 107 cm³/mol. The Labute approximate surface area is 166 Å². The molecule has 3 aromatic rings. The third-order valence-electron chi connectivity index (χ3n) is 6.20. The van der Waals surface area contributed by atoms with Crippen molar-refractivity contribution in [3.05, 3.63) is 74.3 Å². The Bertz CT molecular complexity index is 1230. The molecule has 1 aromatic carbocycles. The van der Waals surface area contributed by atoms with Gasteiger partial charge in [-0.15, -0.1) is 0 Å². The first-order valence-electron chi connectivity index (χ1n) is 9.65. The lowest BCUT2D eigenvalue weighted by molar-refractivity contribution is -0.386. The molecule has 0 spiro atoms. The van der Waals surface area contributed by atoms with Crippen LogP contribution in [-0.2, 0) is 13.6 Å². The minimum Gasteiger partial charge on any atom is -0.351 e. The number of benzene rings is 1. The van der Waals surface area contributed by atoms with E-state index in [2.05, 4.69) is 0 Å². The molecule has 2 aliphatic heterocycles. The van der Waals surface area contributed by atoms with Crippen molar-refractivity contribution in [3.63, 3.8) is 0 Å². The molecule has 5 rings (SSSR count). The van der Waals surface area contributed by atoms with E-state index in [0.29, 0.717) is 25.2 Å². The van der Waals surface area contributed by atoms with Crippen molar-refractivity contribution in [1.29, 1.82) is 0 Å². The van der Waals surface area contributed by atoms with E-state index in [1.165, 1.54) is 10.6 Å². The Morgan fingerprint density at radius 1 is 1.14 bits per heavy atom. The molecule has 8 nitrogen and oxygen atoms in total. The smallest absolute Gasteiger partial charge is 0.334 e. The molecule has 0 N–H and O–H groups in total. The highest BCUT2D eigenvalue weighted by Gasteiger charge is 2.37. The number of likely N-dealkylation sites (tertiary alicyclic amines) is 1. The van der Waals surface area contributed by atoms with Gasteiger partial charge in [-0.2, -0.15) is 0 Å². The van der Waals surface area contributed by atoms with Crippen molar-refractivity contribution in [1.82, 2.24) is 14.0 Å². The zero-order valence-corrected chi connectivity index (χ0v) is 15.9. The van der Waals surface area contributed by atoms with E-state index in [0.717, 1.165) is 23.0 Å². The van der Waals surface area contributed by atoms with E-state index in [4.69, 9.17) is 0 Å². The summed E-state index contributed by atoms with van der Waals surface area (Å²) in [6.07, 6.45) is 2.86. The summed E-state index contributed by atoms with van der Waals surface area (Å²) in [5.41, 5.74) is 1.51. The van der Waals surface area contributed by atoms with Crippen molar-refractivity contribution in [2.75, 3.05) is 13.1 Å². The molecular weight excluding hydrogens is 372 g/mol. The second-order valence-corrected chi connectivity index (χ2v) is 8.03. The topological polar surface area (TPSA) is 90.4 Å². The number of hydrogen-bond acceptors (Lipinski definition) is 4. The first-order valence-corrected chi connectivity index (χ1v) is 9.65. The minimum atomic E-state index is -0.629. The largest absolute Gasteiger partial charge is 0.351 e. The van der Waals surface area contributed by atoms with Crippen molar-refractivity contribution in [2.24, 2.45) is 13.0 Å². The van der Waals surface area contributed by atoms with Crippen LogP contribution in [0.15, 0.2) is 47.4 Å². The van der Waals surface area contributed by atoms with E-state index in [9.17, 15) is 19.7 Å². The maximum atomic E-state index is 13.2. The Balaban J connectivity index is 1.46. The van der Waals surface area contributed by atoms with Crippen molar-refractivity contribution >= 4 is 22.5 Å². The molecule has 2 aromatic heterocycles. The average molecular weight is 392 g/mol. The van der Waals surface area contributed by atoms with Gasteiger partial charge < -0.3 is 14.0 Å². The third-order valence-corrected chi connectivity index (χ3v) is 6.20. The number of hydrogen-bond donors (Lipinski definition) is 0. The Kier molecular flexibility index (Phi) is 3.84. The zero-order valence-electron chi connectivity index (χ0n) is 15.9. The molecule has 0 radical (unpaired) electrons. The number of nitro groups is 1. The lowest BCUT2D eigenvalue weighted by atomic mass is 9.83. The maximum absolute atomic E-state index is 13.2.